The lowest BCUT2D eigenvalue weighted by Gasteiger charge is -2.12. The Balaban J connectivity index is 2.82. The molecule has 1 aromatic rings. The van der Waals surface area contributed by atoms with Gasteiger partial charge in [0.1, 0.15) is 0 Å². The summed E-state index contributed by atoms with van der Waals surface area (Å²) in [5.74, 6) is -0.540. The van der Waals surface area contributed by atoms with Crippen LogP contribution in [0.25, 0.3) is 0 Å². The molecule has 0 fully saturated rings. The van der Waals surface area contributed by atoms with Crippen molar-refractivity contribution in [2.75, 3.05) is 18.4 Å². The van der Waals surface area contributed by atoms with E-state index in [9.17, 15) is 13.6 Å². The van der Waals surface area contributed by atoms with Crippen molar-refractivity contribution in [2.24, 2.45) is 0 Å². The molecule has 0 aliphatic carbocycles. The first-order chi connectivity index (χ1) is 8.54. The number of pyridine rings is 1. The Bertz CT molecular complexity index is 410. The van der Waals surface area contributed by atoms with Crippen molar-refractivity contribution in [3.63, 3.8) is 0 Å². The van der Waals surface area contributed by atoms with E-state index in [1.165, 1.54) is 6.20 Å². The molecular formula is C12H17F2N3O. The van der Waals surface area contributed by atoms with Crippen LogP contribution in [0.2, 0.25) is 0 Å². The van der Waals surface area contributed by atoms with Crippen LogP contribution in [0.3, 0.4) is 0 Å². The van der Waals surface area contributed by atoms with Crippen LogP contribution in [0.15, 0.2) is 12.3 Å². The zero-order valence-corrected chi connectivity index (χ0v) is 10.5. The number of halogens is 2. The van der Waals surface area contributed by atoms with E-state index in [4.69, 9.17) is 0 Å². The number of aromatic nitrogens is 1. The van der Waals surface area contributed by atoms with Crippen molar-refractivity contribution >= 4 is 11.6 Å². The molecular weight excluding hydrogens is 240 g/mol. The van der Waals surface area contributed by atoms with Gasteiger partial charge < -0.3 is 10.6 Å². The van der Waals surface area contributed by atoms with Crippen molar-refractivity contribution in [3.05, 3.63) is 23.5 Å². The number of nitrogens with one attached hydrogen (secondary N) is 2. The summed E-state index contributed by atoms with van der Waals surface area (Å²) in [5.41, 5.74) is 1.67. The Labute approximate surface area is 105 Å². The van der Waals surface area contributed by atoms with Gasteiger partial charge >= 0.3 is 0 Å². The van der Waals surface area contributed by atoms with Crippen LogP contribution in [-0.2, 0) is 0 Å². The van der Waals surface area contributed by atoms with Crippen LogP contribution < -0.4 is 10.6 Å². The Morgan fingerprint density at radius 1 is 1.50 bits per heavy atom. The molecule has 0 radical (unpaired) electrons. The molecule has 0 unspecified atom stereocenters. The van der Waals surface area contributed by atoms with E-state index in [1.807, 2.05) is 6.92 Å². The lowest BCUT2D eigenvalue weighted by atomic mass is 10.2. The number of alkyl halides is 2. The Morgan fingerprint density at radius 2 is 2.22 bits per heavy atom. The number of aryl methyl sites for hydroxylation is 1. The number of carbonyl (C=O) groups excluding carboxylic acids is 1. The minimum Gasteiger partial charge on any atom is -0.384 e. The van der Waals surface area contributed by atoms with Crippen LogP contribution in [0, 0.1) is 6.92 Å². The first kappa shape index (κ1) is 14.3. The Kier molecular flexibility index (Phi) is 5.48. The second-order valence-corrected chi connectivity index (χ2v) is 3.90. The van der Waals surface area contributed by atoms with Crippen molar-refractivity contribution in [2.45, 2.75) is 26.7 Å². The molecule has 0 aliphatic rings. The van der Waals surface area contributed by atoms with Gasteiger partial charge in [-0.25, -0.2) is 8.78 Å². The number of amides is 1. The fourth-order valence-electron chi connectivity index (χ4n) is 1.41. The van der Waals surface area contributed by atoms with E-state index < -0.39 is 18.9 Å². The lowest BCUT2D eigenvalue weighted by molar-refractivity contribution is 0.0892. The third kappa shape index (κ3) is 4.27. The van der Waals surface area contributed by atoms with E-state index in [-0.39, 0.29) is 5.56 Å². The molecule has 0 atom stereocenters. The second-order valence-electron chi connectivity index (χ2n) is 3.90. The van der Waals surface area contributed by atoms with Crippen LogP contribution >= 0.6 is 0 Å². The summed E-state index contributed by atoms with van der Waals surface area (Å²) in [7, 11) is 0. The summed E-state index contributed by atoms with van der Waals surface area (Å²) in [6.45, 7) is 3.86. The molecule has 18 heavy (non-hydrogen) atoms. The summed E-state index contributed by atoms with van der Waals surface area (Å²) < 4.78 is 24.1. The molecule has 0 saturated heterocycles. The van der Waals surface area contributed by atoms with E-state index in [0.717, 1.165) is 12.1 Å². The Hall–Kier alpha value is -1.72. The van der Waals surface area contributed by atoms with Gasteiger partial charge in [-0.2, -0.15) is 0 Å². The summed E-state index contributed by atoms with van der Waals surface area (Å²) in [4.78, 5) is 15.7. The van der Waals surface area contributed by atoms with Crippen molar-refractivity contribution in [1.82, 2.24) is 10.3 Å². The molecule has 1 heterocycles. The molecule has 0 spiro atoms. The van der Waals surface area contributed by atoms with Crippen molar-refractivity contribution in [1.29, 1.82) is 0 Å². The van der Waals surface area contributed by atoms with Gasteiger partial charge in [-0.05, 0) is 19.4 Å². The summed E-state index contributed by atoms with van der Waals surface area (Å²) in [6, 6.07) is 1.73. The second kappa shape index (κ2) is 6.88. The van der Waals surface area contributed by atoms with Gasteiger partial charge in [0.2, 0.25) is 0 Å². The molecule has 0 aliphatic heterocycles. The fraction of sp³-hybridized carbons (Fsp3) is 0.500. The van der Waals surface area contributed by atoms with E-state index in [0.29, 0.717) is 12.2 Å². The Morgan fingerprint density at radius 3 is 2.83 bits per heavy atom. The highest BCUT2D eigenvalue weighted by atomic mass is 19.3. The highest BCUT2D eigenvalue weighted by Crippen LogP contribution is 2.15. The molecule has 100 valence electrons. The summed E-state index contributed by atoms with van der Waals surface area (Å²) >= 11 is 0. The van der Waals surface area contributed by atoms with Gasteiger partial charge in [0.15, 0.2) is 0 Å². The topological polar surface area (TPSA) is 54.0 Å². The standard InChI is InChI=1S/C12H17F2N3O/c1-3-4-15-10-5-8(2)16-6-9(10)12(18)17-7-11(13)14/h5-6,11H,3-4,7H2,1-2H3,(H,15,16)(H,17,18). The van der Waals surface area contributed by atoms with Gasteiger partial charge in [0, 0.05) is 18.4 Å². The maximum atomic E-state index is 12.0. The first-order valence-electron chi connectivity index (χ1n) is 5.81. The minimum absolute atomic E-state index is 0.287. The number of rotatable bonds is 6. The lowest BCUT2D eigenvalue weighted by Crippen LogP contribution is -2.29. The van der Waals surface area contributed by atoms with Gasteiger partial charge in [-0.3, -0.25) is 9.78 Å². The smallest absolute Gasteiger partial charge is 0.255 e. The van der Waals surface area contributed by atoms with Gasteiger partial charge in [0.05, 0.1) is 17.8 Å². The normalized spacial score (nSPS) is 10.5. The number of anilines is 1. The SMILES string of the molecule is CCCNc1cc(C)ncc1C(=O)NCC(F)F. The predicted molar refractivity (Wildman–Crippen MR) is 66.1 cm³/mol. The van der Waals surface area contributed by atoms with Gasteiger partial charge in [-0.15, -0.1) is 0 Å². The van der Waals surface area contributed by atoms with E-state index in [1.54, 1.807) is 13.0 Å². The molecule has 0 bridgehead atoms. The minimum atomic E-state index is -2.56. The van der Waals surface area contributed by atoms with Gasteiger partial charge in [-0.1, -0.05) is 6.92 Å². The molecule has 6 heteroatoms. The molecule has 1 rings (SSSR count). The number of hydrogen-bond donors (Lipinski definition) is 2. The maximum Gasteiger partial charge on any atom is 0.255 e. The maximum absolute atomic E-state index is 12.0. The summed E-state index contributed by atoms with van der Waals surface area (Å²) in [6.07, 6.45) is -0.257. The quantitative estimate of drug-likeness (QED) is 0.821. The third-order valence-corrected chi connectivity index (χ3v) is 2.27. The number of nitrogens with zero attached hydrogens (tertiary/aromatic N) is 1. The van der Waals surface area contributed by atoms with Crippen molar-refractivity contribution < 1.29 is 13.6 Å². The molecule has 4 nitrogen and oxygen atoms in total. The molecule has 2 N–H and O–H groups in total. The highest BCUT2D eigenvalue weighted by Gasteiger charge is 2.13. The number of hydrogen-bond acceptors (Lipinski definition) is 3. The van der Waals surface area contributed by atoms with E-state index >= 15 is 0 Å². The van der Waals surface area contributed by atoms with Crippen LogP contribution in [-0.4, -0.2) is 30.4 Å². The molecule has 1 aromatic heterocycles. The molecule has 0 saturated carbocycles. The summed E-state index contributed by atoms with van der Waals surface area (Å²) in [5, 5.41) is 5.25. The average molecular weight is 257 g/mol. The highest BCUT2D eigenvalue weighted by molar-refractivity contribution is 5.99. The zero-order chi connectivity index (χ0) is 13.5. The largest absolute Gasteiger partial charge is 0.384 e. The first-order valence-corrected chi connectivity index (χ1v) is 5.81. The van der Waals surface area contributed by atoms with Crippen LogP contribution in [0.1, 0.15) is 29.4 Å². The average Bonchev–Trinajstić information content (AvgIpc) is 2.33. The van der Waals surface area contributed by atoms with E-state index in [2.05, 4.69) is 15.6 Å². The predicted octanol–water partition coefficient (Wildman–Crippen LogP) is 2.21. The number of carbonyl (C=O) groups is 1. The zero-order valence-electron chi connectivity index (χ0n) is 10.5. The van der Waals surface area contributed by atoms with Crippen LogP contribution in [0.4, 0.5) is 14.5 Å². The van der Waals surface area contributed by atoms with Crippen molar-refractivity contribution in [3.8, 4) is 0 Å². The third-order valence-electron chi connectivity index (χ3n) is 2.27. The monoisotopic (exact) mass is 257 g/mol. The van der Waals surface area contributed by atoms with Crippen LogP contribution in [0.5, 0.6) is 0 Å². The molecule has 0 aromatic carbocycles. The molecule has 1 amide bonds. The fourth-order valence-corrected chi connectivity index (χ4v) is 1.41. The van der Waals surface area contributed by atoms with Gasteiger partial charge in [0.25, 0.3) is 12.3 Å².